The van der Waals surface area contributed by atoms with Crippen molar-refractivity contribution in [3.63, 3.8) is 0 Å². The van der Waals surface area contributed by atoms with Crippen LogP contribution in [-0.4, -0.2) is 5.78 Å². The Bertz CT molecular complexity index is 791. The standard InChI is InChI=1S/C21H15BrClO/c1-14(24)15-2-4-16(5-3-15)21(17-6-10-19(22)11-7-17)18-8-12-20(23)13-9-18/h2-13H,1H3. The molecular formula is C21H15BrClO. The number of hydrogen-bond acceptors (Lipinski definition) is 1. The Balaban J connectivity index is 2.08. The monoisotopic (exact) mass is 397 g/mol. The Morgan fingerprint density at radius 2 is 1.08 bits per heavy atom. The molecule has 0 bridgehead atoms. The molecule has 0 aliphatic heterocycles. The fourth-order valence-corrected chi connectivity index (χ4v) is 3.00. The zero-order valence-corrected chi connectivity index (χ0v) is 15.4. The van der Waals surface area contributed by atoms with E-state index in [1.165, 1.54) is 0 Å². The first kappa shape index (κ1) is 16.9. The van der Waals surface area contributed by atoms with Gasteiger partial charge < -0.3 is 0 Å². The van der Waals surface area contributed by atoms with Crippen LogP contribution in [0.4, 0.5) is 0 Å². The third-order valence-electron chi connectivity index (χ3n) is 3.85. The molecule has 3 aromatic carbocycles. The lowest BCUT2D eigenvalue weighted by atomic mass is 9.85. The quantitative estimate of drug-likeness (QED) is 0.371. The van der Waals surface area contributed by atoms with Crippen molar-refractivity contribution in [1.82, 2.24) is 0 Å². The number of hydrogen-bond donors (Lipinski definition) is 0. The van der Waals surface area contributed by atoms with E-state index >= 15 is 0 Å². The summed E-state index contributed by atoms with van der Waals surface area (Å²) >= 11 is 9.51. The van der Waals surface area contributed by atoms with Crippen molar-refractivity contribution in [1.29, 1.82) is 0 Å². The van der Waals surface area contributed by atoms with Gasteiger partial charge in [-0.3, -0.25) is 4.79 Å². The summed E-state index contributed by atoms with van der Waals surface area (Å²) in [5.74, 6) is 1.17. The molecule has 0 saturated heterocycles. The summed E-state index contributed by atoms with van der Waals surface area (Å²) in [6.45, 7) is 1.58. The number of carbonyl (C=O) groups is 1. The molecule has 3 rings (SSSR count). The first-order chi connectivity index (χ1) is 11.5. The van der Waals surface area contributed by atoms with E-state index in [0.29, 0.717) is 10.6 Å². The minimum absolute atomic E-state index is 0.0678. The van der Waals surface area contributed by atoms with E-state index in [0.717, 1.165) is 27.1 Å². The van der Waals surface area contributed by atoms with Gasteiger partial charge in [-0.1, -0.05) is 76.1 Å². The molecular weight excluding hydrogens is 384 g/mol. The first-order valence-electron chi connectivity index (χ1n) is 7.55. The van der Waals surface area contributed by atoms with Gasteiger partial charge in [0.2, 0.25) is 0 Å². The molecule has 0 aliphatic carbocycles. The van der Waals surface area contributed by atoms with Crippen LogP contribution < -0.4 is 0 Å². The Labute approximate surface area is 155 Å². The summed E-state index contributed by atoms with van der Waals surface area (Å²) < 4.78 is 1.04. The van der Waals surface area contributed by atoms with Crippen LogP contribution in [0.5, 0.6) is 0 Å². The first-order valence-corrected chi connectivity index (χ1v) is 8.72. The molecule has 1 radical (unpaired) electrons. The fourth-order valence-electron chi connectivity index (χ4n) is 2.60. The smallest absolute Gasteiger partial charge is 0.159 e. The van der Waals surface area contributed by atoms with Crippen molar-refractivity contribution in [3.05, 3.63) is 110 Å². The van der Waals surface area contributed by atoms with Gasteiger partial charge in [0.05, 0.1) is 5.92 Å². The number of ketones is 1. The molecule has 0 spiro atoms. The van der Waals surface area contributed by atoms with E-state index < -0.39 is 0 Å². The molecule has 0 atom stereocenters. The van der Waals surface area contributed by atoms with Crippen LogP contribution in [0.3, 0.4) is 0 Å². The molecule has 3 heteroatoms. The Kier molecular flexibility index (Phi) is 5.17. The topological polar surface area (TPSA) is 17.1 Å². The molecule has 119 valence electrons. The Morgan fingerprint density at radius 1 is 0.708 bits per heavy atom. The second kappa shape index (κ2) is 7.33. The van der Waals surface area contributed by atoms with Gasteiger partial charge in [-0.05, 0) is 47.9 Å². The molecule has 0 unspecified atom stereocenters. The summed E-state index contributed by atoms with van der Waals surface area (Å²) in [7, 11) is 0. The van der Waals surface area contributed by atoms with E-state index in [-0.39, 0.29) is 5.78 Å². The highest BCUT2D eigenvalue weighted by molar-refractivity contribution is 9.10. The molecule has 3 aromatic rings. The van der Waals surface area contributed by atoms with Gasteiger partial charge in [0.1, 0.15) is 0 Å². The van der Waals surface area contributed by atoms with Crippen LogP contribution in [0, 0.1) is 5.92 Å². The van der Waals surface area contributed by atoms with Crippen molar-refractivity contribution in [2.75, 3.05) is 0 Å². The molecule has 0 amide bonds. The predicted octanol–water partition coefficient (Wildman–Crippen LogP) is 6.32. The molecule has 24 heavy (non-hydrogen) atoms. The van der Waals surface area contributed by atoms with Crippen LogP contribution in [0.2, 0.25) is 5.02 Å². The average molecular weight is 399 g/mol. The maximum Gasteiger partial charge on any atom is 0.159 e. The lowest BCUT2D eigenvalue weighted by Crippen LogP contribution is -2.05. The van der Waals surface area contributed by atoms with Gasteiger partial charge >= 0.3 is 0 Å². The highest BCUT2D eigenvalue weighted by atomic mass is 79.9. The van der Waals surface area contributed by atoms with E-state index in [1.807, 2.05) is 60.7 Å². The summed E-state index contributed by atoms with van der Waals surface area (Å²) in [6.07, 6.45) is 0. The predicted molar refractivity (Wildman–Crippen MR) is 103 cm³/mol. The summed E-state index contributed by atoms with van der Waals surface area (Å²) in [5, 5.41) is 0.709. The van der Waals surface area contributed by atoms with Crippen LogP contribution in [0.25, 0.3) is 0 Å². The summed E-state index contributed by atoms with van der Waals surface area (Å²) in [4.78, 5) is 11.5. The molecule has 0 aromatic heterocycles. The lowest BCUT2D eigenvalue weighted by molar-refractivity contribution is 0.101. The number of halogens is 2. The van der Waals surface area contributed by atoms with Crippen LogP contribution >= 0.6 is 27.5 Å². The van der Waals surface area contributed by atoms with Gasteiger partial charge in [-0.15, -0.1) is 0 Å². The van der Waals surface area contributed by atoms with E-state index in [9.17, 15) is 4.79 Å². The van der Waals surface area contributed by atoms with Gasteiger partial charge in [-0.2, -0.15) is 0 Å². The second-order valence-electron chi connectivity index (χ2n) is 5.52. The second-order valence-corrected chi connectivity index (χ2v) is 6.87. The van der Waals surface area contributed by atoms with E-state index in [2.05, 4.69) is 28.1 Å². The Morgan fingerprint density at radius 3 is 1.54 bits per heavy atom. The van der Waals surface area contributed by atoms with Gasteiger partial charge in [-0.25, -0.2) is 0 Å². The van der Waals surface area contributed by atoms with Crippen LogP contribution in [0.1, 0.15) is 34.0 Å². The van der Waals surface area contributed by atoms with Crippen molar-refractivity contribution < 1.29 is 4.79 Å². The summed E-state index contributed by atoms with van der Waals surface area (Å²) in [5.41, 5.74) is 3.96. The third kappa shape index (κ3) is 3.77. The minimum atomic E-state index is 0.0678. The van der Waals surface area contributed by atoms with E-state index in [4.69, 9.17) is 11.6 Å². The molecule has 0 saturated carbocycles. The Hall–Kier alpha value is -1.90. The zero-order chi connectivity index (χ0) is 17.1. The minimum Gasteiger partial charge on any atom is -0.295 e. The van der Waals surface area contributed by atoms with E-state index in [1.54, 1.807) is 6.92 Å². The van der Waals surface area contributed by atoms with Gasteiger partial charge in [0.25, 0.3) is 0 Å². The van der Waals surface area contributed by atoms with Crippen molar-refractivity contribution in [3.8, 4) is 0 Å². The van der Waals surface area contributed by atoms with Crippen molar-refractivity contribution in [2.45, 2.75) is 6.92 Å². The maximum absolute atomic E-state index is 11.5. The number of carbonyl (C=O) groups excluding carboxylic acids is 1. The number of Topliss-reactive ketones (excluding diaryl/α,β-unsaturated/α-hetero) is 1. The van der Waals surface area contributed by atoms with Crippen molar-refractivity contribution >= 4 is 33.3 Å². The largest absolute Gasteiger partial charge is 0.295 e. The molecule has 0 heterocycles. The highest BCUT2D eigenvalue weighted by Gasteiger charge is 2.18. The van der Waals surface area contributed by atoms with Gasteiger partial charge in [0.15, 0.2) is 5.78 Å². The summed E-state index contributed by atoms with van der Waals surface area (Å²) in [6, 6.07) is 23.7. The number of rotatable bonds is 4. The highest BCUT2D eigenvalue weighted by Crippen LogP contribution is 2.32. The zero-order valence-electron chi connectivity index (χ0n) is 13.1. The van der Waals surface area contributed by atoms with Gasteiger partial charge in [0, 0.05) is 15.1 Å². The average Bonchev–Trinajstić information content (AvgIpc) is 2.59. The normalized spacial score (nSPS) is 10.8. The van der Waals surface area contributed by atoms with Crippen LogP contribution in [-0.2, 0) is 0 Å². The fraction of sp³-hybridized carbons (Fsp3) is 0.0476. The lowest BCUT2D eigenvalue weighted by Gasteiger charge is -2.18. The molecule has 0 aliphatic rings. The third-order valence-corrected chi connectivity index (χ3v) is 4.63. The number of benzene rings is 3. The molecule has 0 N–H and O–H groups in total. The van der Waals surface area contributed by atoms with Crippen LogP contribution in [0.15, 0.2) is 77.3 Å². The molecule has 1 nitrogen and oxygen atoms in total. The maximum atomic E-state index is 11.5. The SMILES string of the molecule is CC(=O)c1ccc([C](c2ccc(Cl)cc2)c2ccc(Br)cc2)cc1. The van der Waals surface area contributed by atoms with Crippen molar-refractivity contribution in [2.24, 2.45) is 0 Å². The molecule has 0 fully saturated rings.